The van der Waals surface area contributed by atoms with Crippen molar-refractivity contribution in [3.8, 4) is 0 Å². The number of sulfonamides is 1. The number of hydrogen-bond donors (Lipinski definition) is 0. The quantitative estimate of drug-likeness (QED) is 0.876. The number of nitrogens with zero attached hydrogens (tertiary/aromatic N) is 2. The molecule has 0 amide bonds. The second-order valence-electron chi connectivity index (χ2n) is 5.01. The van der Waals surface area contributed by atoms with Crippen molar-refractivity contribution in [2.24, 2.45) is 0 Å². The van der Waals surface area contributed by atoms with Crippen LogP contribution in [-0.2, 0) is 10.0 Å². The molecule has 0 bridgehead atoms. The van der Waals surface area contributed by atoms with Crippen LogP contribution in [0.1, 0.15) is 24.4 Å². The first kappa shape index (κ1) is 14.2. The monoisotopic (exact) mass is 306 g/mol. The summed E-state index contributed by atoms with van der Waals surface area (Å²) >= 11 is 0. The van der Waals surface area contributed by atoms with E-state index >= 15 is 0 Å². The van der Waals surface area contributed by atoms with E-state index in [2.05, 4.69) is 4.98 Å². The molecule has 1 aromatic heterocycles. The first-order valence-electron chi connectivity index (χ1n) is 6.76. The standard InChI is InChI=1S/C15H15FN2O2S/c16-13-7-5-12(6-8-13)15-4-2-10-18(15)21(19,20)14-3-1-9-17-11-14/h1,3,5-9,11,15H,2,4,10H2/t15-/m1/s1. The van der Waals surface area contributed by atoms with Crippen molar-refractivity contribution in [1.82, 2.24) is 9.29 Å². The minimum atomic E-state index is -3.57. The van der Waals surface area contributed by atoms with E-state index in [1.54, 1.807) is 30.5 Å². The van der Waals surface area contributed by atoms with Gasteiger partial charge in [-0.1, -0.05) is 12.1 Å². The summed E-state index contributed by atoms with van der Waals surface area (Å²) in [6.45, 7) is 0.471. The first-order valence-corrected chi connectivity index (χ1v) is 8.20. The van der Waals surface area contributed by atoms with E-state index in [1.165, 1.54) is 22.6 Å². The number of aromatic nitrogens is 1. The van der Waals surface area contributed by atoms with Crippen LogP contribution >= 0.6 is 0 Å². The third kappa shape index (κ3) is 2.69. The van der Waals surface area contributed by atoms with Crippen molar-refractivity contribution < 1.29 is 12.8 Å². The van der Waals surface area contributed by atoms with E-state index in [4.69, 9.17) is 0 Å². The lowest BCUT2D eigenvalue weighted by atomic mass is 10.1. The molecule has 1 aromatic carbocycles. The summed E-state index contributed by atoms with van der Waals surface area (Å²) in [7, 11) is -3.57. The molecule has 6 heteroatoms. The summed E-state index contributed by atoms with van der Waals surface area (Å²) in [4.78, 5) is 4.07. The topological polar surface area (TPSA) is 50.3 Å². The summed E-state index contributed by atoms with van der Waals surface area (Å²) in [5, 5.41) is 0. The summed E-state index contributed by atoms with van der Waals surface area (Å²) < 4.78 is 39.9. The normalized spacial score (nSPS) is 19.8. The van der Waals surface area contributed by atoms with Crippen LogP contribution in [0, 0.1) is 5.82 Å². The lowest BCUT2D eigenvalue weighted by Crippen LogP contribution is -2.30. The van der Waals surface area contributed by atoms with Crippen LogP contribution in [0.3, 0.4) is 0 Å². The zero-order valence-corrected chi connectivity index (χ0v) is 12.1. The fourth-order valence-electron chi connectivity index (χ4n) is 2.68. The molecule has 1 fully saturated rings. The molecule has 110 valence electrons. The lowest BCUT2D eigenvalue weighted by molar-refractivity contribution is 0.396. The number of hydrogen-bond acceptors (Lipinski definition) is 3. The SMILES string of the molecule is O=S(=O)(c1cccnc1)N1CCC[C@@H]1c1ccc(F)cc1. The van der Waals surface area contributed by atoms with Gasteiger partial charge in [0.05, 0.1) is 6.04 Å². The Morgan fingerprint density at radius 1 is 1.19 bits per heavy atom. The van der Waals surface area contributed by atoms with Crippen LogP contribution in [0.15, 0.2) is 53.7 Å². The van der Waals surface area contributed by atoms with Crippen LogP contribution < -0.4 is 0 Å². The molecule has 1 aliphatic rings. The number of benzene rings is 1. The Morgan fingerprint density at radius 3 is 2.62 bits per heavy atom. The molecular weight excluding hydrogens is 291 g/mol. The van der Waals surface area contributed by atoms with Gasteiger partial charge in [0.1, 0.15) is 10.7 Å². The highest BCUT2D eigenvalue weighted by Gasteiger charge is 2.36. The molecule has 1 aliphatic heterocycles. The molecule has 1 saturated heterocycles. The van der Waals surface area contributed by atoms with Crippen molar-refractivity contribution in [3.63, 3.8) is 0 Å². The maximum absolute atomic E-state index is 13.0. The van der Waals surface area contributed by atoms with Crippen LogP contribution in [0.5, 0.6) is 0 Å². The summed E-state index contributed by atoms with van der Waals surface area (Å²) in [6, 6.07) is 8.94. The van der Waals surface area contributed by atoms with Gasteiger partial charge in [-0.05, 0) is 42.7 Å². The van der Waals surface area contributed by atoms with Crippen LogP contribution in [0.2, 0.25) is 0 Å². The average Bonchev–Trinajstić information content (AvgIpc) is 2.99. The van der Waals surface area contributed by atoms with Gasteiger partial charge in [-0.15, -0.1) is 0 Å². The Balaban J connectivity index is 1.96. The fourth-order valence-corrected chi connectivity index (χ4v) is 4.33. The van der Waals surface area contributed by atoms with Gasteiger partial charge in [-0.25, -0.2) is 12.8 Å². The second-order valence-corrected chi connectivity index (χ2v) is 6.90. The molecule has 0 radical (unpaired) electrons. The highest BCUT2D eigenvalue weighted by Crippen LogP contribution is 2.36. The van der Waals surface area contributed by atoms with E-state index in [0.29, 0.717) is 6.54 Å². The molecule has 0 unspecified atom stereocenters. The molecule has 0 aliphatic carbocycles. The highest BCUT2D eigenvalue weighted by molar-refractivity contribution is 7.89. The van der Waals surface area contributed by atoms with Crippen molar-refractivity contribution in [3.05, 3.63) is 60.2 Å². The van der Waals surface area contributed by atoms with Gasteiger partial charge in [0.25, 0.3) is 0 Å². The Bertz CT molecular complexity index is 717. The molecule has 4 nitrogen and oxygen atoms in total. The van der Waals surface area contributed by atoms with Crippen molar-refractivity contribution >= 4 is 10.0 Å². The highest BCUT2D eigenvalue weighted by atomic mass is 32.2. The second kappa shape index (κ2) is 5.54. The van der Waals surface area contributed by atoms with Gasteiger partial charge >= 0.3 is 0 Å². The molecule has 21 heavy (non-hydrogen) atoms. The summed E-state index contributed by atoms with van der Waals surface area (Å²) in [5.74, 6) is -0.321. The van der Waals surface area contributed by atoms with Crippen LogP contribution in [0.4, 0.5) is 4.39 Å². The zero-order chi connectivity index (χ0) is 14.9. The minimum Gasteiger partial charge on any atom is -0.263 e. The van der Waals surface area contributed by atoms with E-state index in [0.717, 1.165) is 18.4 Å². The molecule has 1 atom stereocenters. The Labute approximate surface area is 123 Å². The molecule has 0 N–H and O–H groups in total. The van der Waals surface area contributed by atoms with Gasteiger partial charge in [0.15, 0.2) is 0 Å². The van der Waals surface area contributed by atoms with Crippen LogP contribution in [-0.4, -0.2) is 24.3 Å². The lowest BCUT2D eigenvalue weighted by Gasteiger charge is -2.24. The maximum Gasteiger partial charge on any atom is 0.245 e. The van der Waals surface area contributed by atoms with E-state index in [1.807, 2.05) is 0 Å². The van der Waals surface area contributed by atoms with Crippen LogP contribution in [0.25, 0.3) is 0 Å². The van der Waals surface area contributed by atoms with Gasteiger partial charge in [0.2, 0.25) is 10.0 Å². The van der Waals surface area contributed by atoms with Crippen molar-refractivity contribution in [2.75, 3.05) is 6.54 Å². The largest absolute Gasteiger partial charge is 0.263 e. The van der Waals surface area contributed by atoms with Crippen molar-refractivity contribution in [2.45, 2.75) is 23.8 Å². The summed E-state index contributed by atoms with van der Waals surface area (Å²) in [5.41, 5.74) is 0.821. The van der Waals surface area contributed by atoms with Gasteiger partial charge < -0.3 is 0 Å². The van der Waals surface area contributed by atoms with Gasteiger partial charge in [-0.2, -0.15) is 4.31 Å². The maximum atomic E-state index is 13.0. The Hall–Kier alpha value is -1.79. The number of pyridine rings is 1. The number of rotatable bonds is 3. The van der Waals surface area contributed by atoms with Gasteiger partial charge in [-0.3, -0.25) is 4.98 Å². The fraction of sp³-hybridized carbons (Fsp3) is 0.267. The molecular formula is C15H15FN2O2S. The predicted octanol–water partition coefficient (Wildman–Crippen LogP) is 2.75. The van der Waals surface area contributed by atoms with E-state index < -0.39 is 10.0 Å². The minimum absolute atomic E-state index is 0.194. The third-order valence-corrected chi connectivity index (χ3v) is 5.59. The van der Waals surface area contributed by atoms with Crippen molar-refractivity contribution in [1.29, 1.82) is 0 Å². The predicted molar refractivity (Wildman–Crippen MR) is 76.5 cm³/mol. The molecule has 0 saturated carbocycles. The van der Waals surface area contributed by atoms with E-state index in [9.17, 15) is 12.8 Å². The molecule has 2 aromatic rings. The van der Waals surface area contributed by atoms with E-state index in [-0.39, 0.29) is 16.8 Å². The number of halogens is 1. The zero-order valence-electron chi connectivity index (χ0n) is 11.3. The van der Waals surface area contributed by atoms with Gasteiger partial charge in [0, 0.05) is 18.9 Å². The Morgan fingerprint density at radius 2 is 1.95 bits per heavy atom. The molecule has 2 heterocycles. The molecule has 0 spiro atoms. The Kier molecular flexibility index (Phi) is 3.73. The molecule has 3 rings (SSSR count). The third-order valence-electron chi connectivity index (χ3n) is 3.70. The smallest absolute Gasteiger partial charge is 0.245 e. The average molecular weight is 306 g/mol. The first-order chi connectivity index (χ1) is 10.1. The summed E-state index contributed by atoms with van der Waals surface area (Å²) in [6.07, 6.45) is 4.43.